The van der Waals surface area contributed by atoms with Crippen molar-refractivity contribution in [2.24, 2.45) is 0 Å². The zero-order chi connectivity index (χ0) is 15.0. The molecule has 2 aromatic rings. The minimum absolute atomic E-state index is 0.197. The molecule has 1 fully saturated rings. The number of cyclic esters (lactones) is 1. The maximum atomic E-state index is 12.3. The second kappa shape index (κ2) is 5.33. The zero-order valence-corrected chi connectivity index (χ0v) is 12.0. The van der Waals surface area contributed by atoms with Crippen LogP contribution in [0.2, 0.25) is 5.15 Å². The predicted octanol–water partition coefficient (Wildman–Crippen LogP) is 2.75. The van der Waals surface area contributed by atoms with E-state index in [-0.39, 0.29) is 16.8 Å². The van der Waals surface area contributed by atoms with E-state index < -0.39 is 18.0 Å². The first-order valence-corrected chi connectivity index (χ1v) is 6.89. The van der Waals surface area contributed by atoms with Crippen molar-refractivity contribution in [3.63, 3.8) is 0 Å². The number of carbonyl (C=O) groups is 2. The van der Waals surface area contributed by atoms with Crippen LogP contribution in [0.5, 0.6) is 0 Å². The first-order chi connectivity index (χ1) is 10.0. The van der Waals surface area contributed by atoms with Gasteiger partial charge in [0.05, 0.1) is 11.1 Å². The third-order valence-electron chi connectivity index (χ3n) is 3.28. The van der Waals surface area contributed by atoms with Crippen LogP contribution in [0, 0.1) is 0 Å². The minimum Gasteiger partial charge on any atom is -0.460 e. The number of pyridine rings is 1. The Kier molecular flexibility index (Phi) is 3.51. The van der Waals surface area contributed by atoms with Crippen LogP contribution in [-0.4, -0.2) is 29.1 Å². The molecule has 1 aliphatic rings. The van der Waals surface area contributed by atoms with E-state index in [4.69, 9.17) is 21.1 Å². The van der Waals surface area contributed by atoms with Gasteiger partial charge in [0.25, 0.3) is 0 Å². The molecule has 1 aromatic heterocycles. The third kappa shape index (κ3) is 2.69. The number of hydrogen-bond acceptors (Lipinski definition) is 5. The lowest BCUT2D eigenvalue weighted by Gasteiger charge is -2.10. The predicted molar refractivity (Wildman–Crippen MR) is 76.1 cm³/mol. The average Bonchev–Trinajstić information content (AvgIpc) is 2.75. The van der Waals surface area contributed by atoms with Crippen LogP contribution in [0.4, 0.5) is 0 Å². The second-order valence-electron chi connectivity index (χ2n) is 4.89. The van der Waals surface area contributed by atoms with Gasteiger partial charge in [0.1, 0.15) is 11.3 Å². The summed E-state index contributed by atoms with van der Waals surface area (Å²) in [6, 6.07) is 8.54. The van der Waals surface area contributed by atoms with Crippen LogP contribution >= 0.6 is 11.6 Å². The van der Waals surface area contributed by atoms with Crippen LogP contribution in [0.3, 0.4) is 0 Å². The number of nitrogens with zero attached hydrogens (tertiary/aromatic N) is 1. The summed E-state index contributed by atoms with van der Waals surface area (Å²) in [4.78, 5) is 28.0. The van der Waals surface area contributed by atoms with Crippen molar-refractivity contribution in [3.05, 3.63) is 41.0 Å². The highest BCUT2D eigenvalue weighted by Gasteiger charge is 2.35. The van der Waals surface area contributed by atoms with E-state index in [1.165, 1.54) is 6.07 Å². The number of benzene rings is 1. The number of rotatable bonds is 2. The Morgan fingerprint density at radius 3 is 2.90 bits per heavy atom. The number of fused-ring (bicyclic) bond motifs is 1. The van der Waals surface area contributed by atoms with E-state index in [0.29, 0.717) is 17.3 Å². The van der Waals surface area contributed by atoms with Crippen LogP contribution in [0.1, 0.15) is 23.7 Å². The van der Waals surface area contributed by atoms with Gasteiger partial charge < -0.3 is 9.47 Å². The highest BCUT2D eigenvalue weighted by Crippen LogP contribution is 2.24. The van der Waals surface area contributed by atoms with E-state index in [1.807, 2.05) is 0 Å². The summed E-state index contributed by atoms with van der Waals surface area (Å²) >= 11 is 5.93. The van der Waals surface area contributed by atoms with Gasteiger partial charge in [-0.1, -0.05) is 29.8 Å². The molecule has 2 heterocycles. The Hall–Kier alpha value is -2.14. The molecule has 0 amide bonds. The Morgan fingerprint density at radius 2 is 2.19 bits per heavy atom. The quantitative estimate of drug-likeness (QED) is 0.630. The normalized spacial score (nSPS) is 21.3. The summed E-state index contributed by atoms with van der Waals surface area (Å²) in [6.45, 7) is 1.75. The molecule has 0 bridgehead atoms. The Balaban J connectivity index is 1.93. The van der Waals surface area contributed by atoms with Crippen molar-refractivity contribution in [3.8, 4) is 0 Å². The molecule has 0 spiro atoms. The molecule has 21 heavy (non-hydrogen) atoms. The number of carbonyl (C=O) groups excluding carboxylic acids is 2. The summed E-state index contributed by atoms with van der Waals surface area (Å²) in [5.41, 5.74) is 0.886. The van der Waals surface area contributed by atoms with E-state index >= 15 is 0 Å². The van der Waals surface area contributed by atoms with Crippen molar-refractivity contribution >= 4 is 34.4 Å². The molecule has 1 saturated heterocycles. The standard InChI is InChI=1S/C15H12ClNO4/c1-8-6-12(15(19)20-8)21-14(18)10-7-13(16)17-11-5-3-2-4-9(10)11/h2-5,7-8,12H,6H2,1H3. The van der Waals surface area contributed by atoms with Gasteiger partial charge >= 0.3 is 11.9 Å². The van der Waals surface area contributed by atoms with Crippen molar-refractivity contribution in [1.29, 1.82) is 0 Å². The molecule has 2 unspecified atom stereocenters. The largest absolute Gasteiger partial charge is 0.460 e. The second-order valence-corrected chi connectivity index (χ2v) is 5.27. The number of hydrogen-bond donors (Lipinski definition) is 0. The molecule has 0 N–H and O–H groups in total. The van der Waals surface area contributed by atoms with Gasteiger partial charge in [-0.15, -0.1) is 0 Å². The molecule has 108 valence electrons. The Morgan fingerprint density at radius 1 is 1.43 bits per heavy atom. The van der Waals surface area contributed by atoms with Crippen molar-refractivity contribution < 1.29 is 19.1 Å². The highest BCUT2D eigenvalue weighted by atomic mass is 35.5. The van der Waals surface area contributed by atoms with Gasteiger partial charge in [0, 0.05) is 11.8 Å². The van der Waals surface area contributed by atoms with E-state index in [0.717, 1.165) is 0 Å². The lowest BCUT2D eigenvalue weighted by Crippen LogP contribution is -2.22. The number of halogens is 1. The van der Waals surface area contributed by atoms with Crippen molar-refractivity contribution in [2.45, 2.75) is 25.6 Å². The number of para-hydroxylation sites is 1. The zero-order valence-electron chi connectivity index (χ0n) is 11.2. The summed E-state index contributed by atoms with van der Waals surface area (Å²) in [5, 5.41) is 0.828. The van der Waals surface area contributed by atoms with E-state index in [1.54, 1.807) is 31.2 Å². The highest BCUT2D eigenvalue weighted by molar-refractivity contribution is 6.30. The molecule has 6 heteroatoms. The molecule has 1 aliphatic heterocycles. The van der Waals surface area contributed by atoms with Crippen molar-refractivity contribution in [1.82, 2.24) is 4.98 Å². The summed E-state index contributed by atoms with van der Waals surface area (Å²) in [6.07, 6.45) is -0.743. The number of aromatic nitrogens is 1. The van der Waals surface area contributed by atoms with Crippen LogP contribution in [0.15, 0.2) is 30.3 Å². The Labute approximate surface area is 125 Å². The smallest absolute Gasteiger partial charge is 0.347 e. The number of ether oxygens (including phenoxy) is 2. The molecular weight excluding hydrogens is 294 g/mol. The minimum atomic E-state index is -0.863. The maximum Gasteiger partial charge on any atom is 0.347 e. The maximum absolute atomic E-state index is 12.3. The molecule has 0 saturated carbocycles. The summed E-state index contributed by atoms with van der Waals surface area (Å²) in [7, 11) is 0. The number of esters is 2. The first kappa shape index (κ1) is 13.8. The average molecular weight is 306 g/mol. The van der Waals surface area contributed by atoms with Crippen LogP contribution in [-0.2, 0) is 14.3 Å². The summed E-state index contributed by atoms with van der Waals surface area (Å²) in [5.74, 6) is -1.12. The molecule has 0 radical (unpaired) electrons. The SMILES string of the molecule is CC1CC(OC(=O)c2cc(Cl)nc3ccccc23)C(=O)O1. The lowest BCUT2D eigenvalue weighted by molar-refractivity contribution is -0.147. The fourth-order valence-corrected chi connectivity index (χ4v) is 2.52. The molecule has 0 aliphatic carbocycles. The van der Waals surface area contributed by atoms with Gasteiger partial charge in [-0.2, -0.15) is 0 Å². The molecule has 1 aromatic carbocycles. The monoisotopic (exact) mass is 305 g/mol. The van der Waals surface area contributed by atoms with Crippen LogP contribution < -0.4 is 0 Å². The van der Waals surface area contributed by atoms with Gasteiger partial charge in [0.15, 0.2) is 0 Å². The molecular formula is C15H12ClNO4. The fraction of sp³-hybridized carbons (Fsp3) is 0.267. The Bertz CT molecular complexity index is 731. The molecule has 5 nitrogen and oxygen atoms in total. The summed E-state index contributed by atoms with van der Waals surface area (Å²) < 4.78 is 10.2. The first-order valence-electron chi connectivity index (χ1n) is 6.51. The van der Waals surface area contributed by atoms with Gasteiger partial charge in [-0.3, -0.25) is 0 Å². The molecule has 3 rings (SSSR count). The molecule has 2 atom stereocenters. The topological polar surface area (TPSA) is 65.5 Å². The van der Waals surface area contributed by atoms with Crippen LogP contribution in [0.25, 0.3) is 10.9 Å². The van der Waals surface area contributed by atoms with Gasteiger partial charge in [-0.05, 0) is 19.1 Å². The van der Waals surface area contributed by atoms with Gasteiger partial charge in [-0.25, -0.2) is 14.6 Å². The van der Waals surface area contributed by atoms with E-state index in [9.17, 15) is 9.59 Å². The van der Waals surface area contributed by atoms with Gasteiger partial charge in [0.2, 0.25) is 6.10 Å². The third-order valence-corrected chi connectivity index (χ3v) is 3.47. The lowest BCUT2D eigenvalue weighted by atomic mass is 10.1. The van der Waals surface area contributed by atoms with E-state index in [2.05, 4.69) is 4.98 Å². The fourth-order valence-electron chi connectivity index (χ4n) is 2.32. The van der Waals surface area contributed by atoms with Crippen molar-refractivity contribution in [2.75, 3.05) is 0 Å².